The zero-order chi connectivity index (χ0) is 15.9. The lowest BCUT2D eigenvalue weighted by molar-refractivity contribution is 0.0594. The van der Waals surface area contributed by atoms with E-state index in [-0.39, 0.29) is 10.7 Å². The molecular weight excluding hydrogens is 320 g/mol. The second-order valence-electron chi connectivity index (χ2n) is 4.83. The molecule has 0 unspecified atom stereocenters. The van der Waals surface area contributed by atoms with Crippen LogP contribution in [0.15, 0.2) is 29.6 Å². The number of nitrogen functional groups attached to an aromatic ring is 1. The van der Waals surface area contributed by atoms with E-state index in [1.165, 1.54) is 11.8 Å². The number of methoxy groups -OCH3 is 1. The normalized spacial score (nSPS) is 10.9. The summed E-state index contributed by atoms with van der Waals surface area (Å²) < 4.78 is 5.91. The predicted octanol–water partition coefficient (Wildman–Crippen LogP) is 4.29. The summed E-state index contributed by atoms with van der Waals surface area (Å²) in [6.07, 6.45) is 0. The molecule has 0 saturated heterocycles. The van der Waals surface area contributed by atoms with Gasteiger partial charge in [-0.15, -0.1) is 11.3 Å². The van der Waals surface area contributed by atoms with Crippen LogP contribution >= 0.6 is 22.9 Å². The highest BCUT2D eigenvalue weighted by atomic mass is 35.5. The summed E-state index contributed by atoms with van der Waals surface area (Å²) in [5, 5.41) is 3.28. The first-order valence-corrected chi connectivity index (χ1v) is 7.80. The van der Waals surface area contributed by atoms with Gasteiger partial charge in [-0.05, 0) is 41.5 Å². The Morgan fingerprint density at radius 3 is 2.86 bits per heavy atom. The maximum Gasteiger partial charge on any atom is 0.358 e. The number of hydrogen-bond donors (Lipinski definition) is 1. The first-order chi connectivity index (χ1) is 10.5. The molecule has 0 atom stereocenters. The van der Waals surface area contributed by atoms with E-state index in [1.54, 1.807) is 11.3 Å². The third-order valence-electron chi connectivity index (χ3n) is 3.53. The van der Waals surface area contributed by atoms with E-state index in [9.17, 15) is 4.79 Å². The van der Waals surface area contributed by atoms with Crippen molar-refractivity contribution in [1.29, 1.82) is 0 Å². The van der Waals surface area contributed by atoms with E-state index in [4.69, 9.17) is 22.1 Å². The number of ether oxygens (including phenoxy) is 1. The standard InChI is InChI=1S/C16H13ClN2O2S/c1-8-13(18)12(17)15(16(20)21-2)19-14(8)10-3-4-11-9(7-10)5-6-22-11/h3-7H,1-2H3,(H2,18,19). The van der Waals surface area contributed by atoms with Crippen LogP contribution < -0.4 is 5.73 Å². The van der Waals surface area contributed by atoms with Gasteiger partial charge in [-0.2, -0.15) is 0 Å². The number of halogens is 1. The predicted molar refractivity (Wildman–Crippen MR) is 90.6 cm³/mol. The molecule has 3 rings (SSSR count). The van der Waals surface area contributed by atoms with Crippen LogP contribution in [0.4, 0.5) is 5.69 Å². The highest BCUT2D eigenvalue weighted by Crippen LogP contribution is 2.34. The Morgan fingerprint density at radius 1 is 1.36 bits per heavy atom. The molecule has 6 heteroatoms. The van der Waals surface area contributed by atoms with E-state index in [0.29, 0.717) is 11.4 Å². The largest absolute Gasteiger partial charge is 0.464 e. The van der Waals surface area contributed by atoms with Crippen molar-refractivity contribution in [3.63, 3.8) is 0 Å². The molecule has 0 fully saturated rings. The Labute approximate surface area is 136 Å². The first kappa shape index (κ1) is 14.8. The quantitative estimate of drug-likeness (QED) is 0.711. The van der Waals surface area contributed by atoms with Crippen LogP contribution in [0.25, 0.3) is 21.3 Å². The molecule has 1 aromatic carbocycles. The lowest BCUT2D eigenvalue weighted by atomic mass is 10.0. The summed E-state index contributed by atoms with van der Waals surface area (Å²) in [5.74, 6) is -0.602. The summed E-state index contributed by atoms with van der Waals surface area (Å²) in [4.78, 5) is 16.2. The number of carbonyl (C=O) groups excluding carboxylic acids is 1. The number of hydrogen-bond acceptors (Lipinski definition) is 5. The molecule has 0 radical (unpaired) electrons. The van der Waals surface area contributed by atoms with Crippen molar-refractivity contribution in [2.45, 2.75) is 6.92 Å². The fourth-order valence-electron chi connectivity index (χ4n) is 2.29. The van der Waals surface area contributed by atoms with Crippen LogP contribution in [-0.4, -0.2) is 18.1 Å². The molecule has 0 spiro atoms. The number of nitrogens with zero attached hydrogens (tertiary/aromatic N) is 1. The first-order valence-electron chi connectivity index (χ1n) is 6.54. The molecular formula is C16H13ClN2O2S. The number of pyridine rings is 1. The van der Waals surface area contributed by atoms with Gasteiger partial charge in [0.15, 0.2) is 5.69 Å². The molecule has 0 aliphatic carbocycles. The molecule has 0 amide bonds. The lowest BCUT2D eigenvalue weighted by Crippen LogP contribution is -2.09. The molecule has 0 aliphatic rings. The molecule has 4 nitrogen and oxygen atoms in total. The number of esters is 1. The average molecular weight is 333 g/mol. The second-order valence-corrected chi connectivity index (χ2v) is 6.15. The van der Waals surface area contributed by atoms with E-state index in [1.807, 2.05) is 36.6 Å². The van der Waals surface area contributed by atoms with Crippen molar-refractivity contribution in [3.8, 4) is 11.3 Å². The van der Waals surface area contributed by atoms with E-state index in [2.05, 4.69) is 4.98 Å². The Morgan fingerprint density at radius 2 is 2.14 bits per heavy atom. The number of thiophene rings is 1. The van der Waals surface area contributed by atoms with Crippen LogP contribution in [0, 0.1) is 6.92 Å². The fourth-order valence-corrected chi connectivity index (χ4v) is 3.32. The summed E-state index contributed by atoms with van der Waals surface area (Å²) in [7, 11) is 1.29. The van der Waals surface area contributed by atoms with Gasteiger partial charge in [0.05, 0.1) is 23.5 Å². The summed E-state index contributed by atoms with van der Waals surface area (Å²) in [5.41, 5.74) is 8.67. The fraction of sp³-hybridized carbons (Fsp3) is 0.125. The van der Waals surface area contributed by atoms with Gasteiger partial charge in [-0.1, -0.05) is 17.7 Å². The summed E-state index contributed by atoms with van der Waals surface area (Å²) in [6.45, 7) is 1.84. The number of aromatic nitrogens is 1. The van der Waals surface area contributed by atoms with Crippen molar-refractivity contribution in [2.24, 2.45) is 0 Å². The maximum atomic E-state index is 11.8. The van der Waals surface area contributed by atoms with E-state index in [0.717, 1.165) is 16.5 Å². The number of carbonyl (C=O) groups is 1. The van der Waals surface area contributed by atoms with Crippen molar-refractivity contribution in [3.05, 3.63) is 45.9 Å². The van der Waals surface area contributed by atoms with Gasteiger partial charge in [-0.3, -0.25) is 0 Å². The zero-order valence-corrected chi connectivity index (χ0v) is 13.6. The highest BCUT2D eigenvalue weighted by molar-refractivity contribution is 7.17. The van der Waals surface area contributed by atoms with Gasteiger partial charge in [0.25, 0.3) is 0 Å². The smallest absolute Gasteiger partial charge is 0.358 e. The number of anilines is 1. The van der Waals surface area contributed by atoms with Crippen LogP contribution in [0.2, 0.25) is 5.02 Å². The SMILES string of the molecule is COC(=O)c1nc(-c2ccc3sccc3c2)c(C)c(N)c1Cl. The second kappa shape index (κ2) is 5.59. The van der Waals surface area contributed by atoms with Gasteiger partial charge in [0.2, 0.25) is 0 Å². The highest BCUT2D eigenvalue weighted by Gasteiger charge is 2.20. The summed E-state index contributed by atoms with van der Waals surface area (Å²) in [6, 6.07) is 8.05. The number of fused-ring (bicyclic) bond motifs is 1. The number of benzene rings is 1. The van der Waals surface area contributed by atoms with Gasteiger partial charge in [0.1, 0.15) is 0 Å². The zero-order valence-electron chi connectivity index (χ0n) is 12.0. The number of nitrogens with two attached hydrogens (primary N) is 1. The molecule has 2 heterocycles. The topological polar surface area (TPSA) is 65.2 Å². The van der Waals surface area contributed by atoms with Gasteiger partial charge in [-0.25, -0.2) is 9.78 Å². The van der Waals surface area contributed by atoms with Crippen molar-refractivity contribution < 1.29 is 9.53 Å². The third-order valence-corrected chi connectivity index (χ3v) is 4.81. The number of rotatable bonds is 2. The molecule has 22 heavy (non-hydrogen) atoms. The molecule has 0 bridgehead atoms. The van der Waals surface area contributed by atoms with Crippen LogP contribution in [0.3, 0.4) is 0 Å². The molecule has 0 saturated carbocycles. The third kappa shape index (κ3) is 2.32. The van der Waals surface area contributed by atoms with Crippen molar-refractivity contribution >= 4 is 44.7 Å². The van der Waals surface area contributed by atoms with Crippen LogP contribution in [-0.2, 0) is 4.74 Å². The minimum Gasteiger partial charge on any atom is -0.464 e. The summed E-state index contributed by atoms with van der Waals surface area (Å²) >= 11 is 7.79. The lowest BCUT2D eigenvalue weighted by Gasteiger charge is -2.13. The van der Waals surface area contributed by atoms with Crippen molar-refractivity contribution in [2.75, 3.05) is 12.8 Å². The Hall–Kier alpha value is -2.11. The molecule has 112 valence electrons. The van der Waals surface area contributed by atoms with E-state index < -0.39 is 5.97 Å². The minimum atomic E-state index is -0.602. The monoisotopic (exact) mass is 332 g/mol. The molecule has 0 aliphatic heterocycles. The molecule has 2 N–H and O–H groups in total. The molecule has 3 aromatic rings. The molecule has 2 aromatic heterocycles. The Kier molecular flexibility index (Phi) is 3.76. The van der Waals surface area contributed by atoms with Gasteiger partial charge < -0.3 is 10.5 Å². The van der Waals surface area contributed by atoms with Crippen LogP contribution in [0.1, 0.15) is 16.1 Å². The van der Waals surface area contributed by atoms with Gasteiger partial charge in [0, 0.05) is 10.3 Å². The Bertz CT molecular complexity index is 889. The van der Waals surface area contributed by atoms with Crippen LogP contribution in [0.5, 0.6) is 0 Å². The average Bonchev–Trinajstić information content (AvgIpc) is 2.99. The van der Waals surface area contributed by atoms with E-state index >= 15 is 0 Å². The van der Waals surface area contributed by atoms with Gasteiger partial charge >= 0.3 is 5.97 Å². The van der Waals surface area contributed by atoms with Crippen molar-refractivity contribution in [1.82, 2.24) is 4.98 Å². The maximum absolute atomic E-state index is 11.8. The Balaban J connectivity index is 2.25. The minimum absolute atomic E-state index is 0.0349.